The summed E-state index contributed by atoms with van der Waals surface area (Å²) >= 11 is 5.31. The smallest absolute Gasteiger partial charge is 0.410 e. The molecule has 0 bridgehead atoms. The number of rotatable bonds is 8. The number of nitrogens with one attached hydrogen (secondary N) is 1. The van der Waals surface area contributed by atoms with E-state index >= 15 is 0 Å². The number of hydrogen-bond donors (Lipinski definition) is 1. The fraction of sp³-hybridized carbons (Fsp3) is 0.536. The van der Waals surface area contributed by atoms with Gasteiger partial charge in [-0.2, -0.15) is 0 Å². The first-order valence-corrected chi connectivity index (χ1v) is 14.4. The van der Waals surface area contributed by atoms with Crippen LogP contribution in [0.2, 0.25) is 5.02 Å². The molecule has 0 aromatic heterocycles. The van der Waals surface area contributed by atoms with Crippen LogP contribution in [0.15, 0.2) is 42.5 Å². The number of benzene rings is 2. The molecule has 2 aromatic carbocycles. The van der Waals surface area contributed by atoms with Crippen molar-refractivity contribution in [1.82, 2.24) is 9.62 Å². The summed E-state index contributed by atoms with van der Waals surface area (Å²) in [6, 6.07) is 13.3. The molecular formula is C28H37ClN2O5S. The zero-order valence-corrected chi connectivity index (χ0v) is 23.4. The molecule has 1 amide bonds. The van der Waals surface area contributed by atoms with Gasteiger partial charge in [0.05, 0.1) is 19.3 Å². The first kappa shape index (κ1) is 28.2. The molecule has 1 fully saturated rings. The van der Waals surface area contributed by atoms with E-state index in [2.05, 4.69) is 4.72 Å². The van der Waals surface area contributed by atoms with Gasteiger partial charge < -0.3 is 23.7 Å². The molecule has 0 unspecified atom stereocenters. The van der Waals surface area contributed by atoms with Gasteiger partial charge in [-0.15, -0.1) is 4.72 Å². The topological polar surface area (TPSA) is 83.1 Å². The van der Waals surface area contributed by atoms with Crippen molar-refractivity contribution in [3.05, 3.63) is 69.7 Å². The molecule has 0 aliphatic carbocycles. The Bertz CT molecular complexity index is 1040. The number of amides is 1. The summed E-state index contributed by atoms with van der Waals surface area (Å²) in [7, 11) is 0. The van der Waals surface area contributed by atoms with Gasteiger partial charge >= 0.3 is 6.09 Å². The minimum Gasteiger partial charge on any atom is -0.598 e. The molecule has 2 heterocycles. The van der Waals surface area contributed by atoms with Crippen LogP contribution in [-0.2, 0) is 45.1 Å². The van der Waals surface area contributed by atoms with Crippen molar-refractivity contribution in [2.45, 2.75) is 76.7 Å². The maximum Gasteiger partial charge on any atom is 0.410 e. The summed E-state index contributed by atoms with van der Waals surface area (Å²) in [5.41, 5.74) is 4.10. The molecule has 2 atom stereocenters. The normalized spacial score (nSPS) is 18.2. The van der Waals surface area contributed by atoms with E-state index in [-0.39, 0.29) is 25.0 Å². The van der Waals surface area contributed by atoms with E-state index in [1.807, 2.05) is 63.2 Å². The Kier molecular flexibility index (Phi) is 9.78. The highest BCUT2D eigenvalue weighted by atomic mass is 35.5. The van der Waals surface area contributed by atoms with Gasteiger partial charge in [0.2, 0.25) is 0 Å². The third-order valence-electron chi connectivity index (χ3n) is 6.57. The summed E-state index contributed by atoms with van der Waals surface area (Å²) in [4.78, 5) is 14.5. The average Bonchev–Trinajstić information content (AvgIpc) is 2.89. The summed E-state index contributed by atoms with van der Waals surface area (Å²) in [6.07, 6.45) is 2.33. The lowest BCUT2D eigenvalue weighted by atomic mass is 9.89. The molecule has 7 nitrogen and oxygen atoms in total. The summed E-state index contributed by atoms with van der Waals surface area (Å²) in [5.74, 6) is 0. The largest absolute Gasteiger partial charge is 0.598 e. The van der Waals surface area contributed by atoms with Crippen LogP contribution in [0.3, 0.4) is 0 Å². The molecule has 1 saturated heterocycles. The molecule has 2 aliphatic heterocycles. The zero-order valence-electron chi connectivity index (χ0n) is 21.8. The monoisotopic (exact) mass is 548 g/mol. The number of carbonyl (C=O) groups excluding carboxylic acids is 1. The van der Waals surface area contributed by atoms with Crippen LogP contribution in [0.25, 0.3) is 0 Å². The van der Waals surface area contributed by atoms with E-state index in [9.17, 15) is 9.35 Å². The van der Waals surface area contributed by atoms with Crippen molar-refractivity contribution in [2.75, 3.05) is 19.8 Å². The Morgan fingerprint density at radius 1 is 1.24 bits per heavy atom. The van der Waals surface area contributed by atoms with Crippen LogP contribution in [-0.4, -0.2) is 46.3 Å². The van der Waals surface area contributed by atoms with Crippen LogP contribution in [0.5, 0.6) is 0 Å². The van der Waals surface area contributed by atoms with Crippen LogP contribution < -0.4 is 4.72 Å². The molecule has 202 valence electrons. The second-order valence-electron chi connectivity index (χ2n) is 10.5. The van der Waals surface area contributed by atoms with Crippen LogP contribution >= 0.6 is 11.6 Å². The Morgan fingerprint density at radius 3 is 2.68 bits per heavy atom. The lowest BCUT2D eigenvalue weighted by molar-refractivity contribution is -0.182. The van der Waals surface area contributed by atoms with Crippen molar-refractivity contribution in [3.8, 4) is 0 Å². The van der Waals surface area contributed by atoms with Gasteiger partial charge in [0.25, 0.3) is 0 Å². The highest BCUT2D eigenvalue weighted by molar-refractivity contribution is 7.90. The van der Waals surface area contributed by atoms with E-state index in [1.54, 1.807) is 4.90 Å². The molecule has 2 aromatic rings. The van der Waals surface area contributed by atoms with Gasteiger partial charge in [0.1, 0.15) is 11.4 Å². The van der Waals surface area contributed by atoms with Gasteiger partial charge in [-0.05, 0) is 74.4 Å². The van der Waals surface area contributed by atoms with E-state index in [4.69, 9.17) is 25.8 Å². The molecule has 0 spiro atoms. The highest BCUT2D eigenvalue weighted by Gasteiger charge is 2.33. The van der Waals surface area contributed by atoms with Crippen molar-refractivity contribution in [1.29, 1.82) is 0 Å². The average molecular weight is 549 g/mol. The van der Waals surface area contributed by atoms with Gasteiger partial charge in [-0.25, -0.2) is 4.79 Å². The van der Waals surface area contributed by atoms with Crippen molar-refractivity contribution >= 4 is 29.1 Å². The Morgan fingerprint density at radius 2 is 1.97 bits per heavy atom. The molecule has 1 N–H and O–H groups in total. The molecule has 37 heavy (non-hydrogen) atoms. The Hall–Kier alpha value is -1.81. The summed E-state index contributed by atoms with van der Waals surface area (Å²) in [5, 5.41) is 0.590. The van der Waals surface area contributed by atoms with Crippen molar-refractivity contribution < 1.29 is 23.6 Å². The predicted molar refractivity (Wildman–Crippen MR) is 146 cm³/mol. The standard InChI is InChI=1S/C28H37ClN2O5S/c1-28(2,3)37(33)30-25(10-11-26-34-14-7-15-35-26)24-17-22(29)16-21-18-31(13-12-23(21)24)27(32)36-19-20-8-5-4-6-9-20/h4-6,8-9,16-17,25-26,30H,7,10-15,18-19H2,1-3H3/t25-,37-/m0/s1. The lowest BCUT2D eigenvalue weighted by Gasteiger charge is -2.34. The number of hydrogen-bond acceptors (Lipinski definition) is 6. The highest BCUT2D eigenvalue weighted by Crippen LogP contribution is 2.34. The number of nitrogens with zero attached hydrogens (tertiary/aromatic N) is 1. The van der Waals surface area contributed by atoms with Gasteiger partial charge in [0.15, 0.2) is 6.29 Å². The van der Waals surface area contributed by atoms with E-state index in [0.29, 0.717) is 50.6 Å². The summed E-state index contributed by atoms with van der Waals surface area (Å²) < 4.78 is 33.1. The second kappa shape index (κ2) is 12.8. The molecular weight excluding hydrogens is 512 g/mol. The lowest BCUT2D eigenvalue weighted by Crippen LogP contribution is -2.42. The van der Waals surface area contributed by atoms with Crippen molar-refractivity contribution in [2.24, 2.45) is 0 Å². The van der Waals surface area contributed by atoms with Crippen molar-refractivity contribution in [3.63, 3.8) is 0 Å². The van der Waals surface area contributed by atoms with Crippen LogP contribution in [0.1, 0.15) is 68.3 Å². The number of carbonyl (C=O) groups is 1. The fourth-order valence-electron chi connectivity index (χ4n) is 4.56. The minimum atomic E-state index is -1.28. The third kappa shape index (κ3) is 7.85. The van der Waals surface area contributed by atoms with Crippen LogP contribution in [0, 0.1) is 0 Å². The van der Waals surface area contributed by atoms with Gasteiger partial charge in [-0.1, -0.05) is 41.9 Å². The quantitative estimate of drug-likeness (QED) is 0.428. The number of halogens is 1. The Balaban J connectivity index is 1.50. The molecule has 2 aliphatic rings. The fourth-order valence-corrected chi connectivity index (χ4v) is 5.67. The van der Waals surface area contributed by atoms with Crippen LogP contribution in [0.4, 0.5) is 4.79 Å². The molecule has 0 radical (unpaired) electrons. The maximum absolute atomic E-state index is 13.1. The predicted octanol–water partition coefficient (Wildman–Crippen LogP) is 5.67. The SMILES string of the molecule is CC(C)(C)[S@+]([O-])N[C@@H](CCC1OCCCO1)c1cc(Cl)cc2c1CCN(C(=O)OCc1ccccc1)C2. The number of fused-ring (bicyclic) bond motifs is 1. The first-order chi connectivity index (χ1) is 17.7. The zero-order chi connectivity index (χ0) is 26.4. The van der Waals surface area contributed by atoms with E-state index in [0.717, 1.165) is 28.7 Å². The molecule has 4 rings (SSSR count). The van der Waals surface area contributed by atoms with E-state index < -0.39 is 16.1 Å². The van der Waals surface area contributed by atoms with Gasteiger partial charge in [0, 0.05) is 35.9 Å². The maximum atomic E-state index is 13.1. The number of ether oxygens (including phenoxy) is 3. The molecule has 9 heteroatoms. The van der Waals surface area contributed by atoms with Gasteiger partial charge in [-0.3, -0.25) is 0 Å². The Labute approximate surface area is 228 Å². The van der Waals surface area contributed by atoms with E-state index in [1.165, 1.54) is 0 Å². The minimum absolute atomic E-state index is 0.196. The first-order valence-electron chi connectivity index (χ1n) is 12.9. The second-order valence-corrected chi connectivity index (χ2v) is 12.9. The summed E-state index contributed by atoms with van der Waals surface area (Å²) in [6.45, 7) is 8.44. The third-order valence-corrected chi connectivity index (χ3v) is 8.40. The molecule has 0 saturated carbocycles.